The van der Waals surface area contributed by atoms with Crippen LogP contribution in [-0.4, -0.2) is 35.8 Å². The number of hydrogen-bond donors (Lipinski definition) is 2. The van der Waals surface area contributed by atoms with E-state index in [1.54, 1.807) is 41.3 Å². The summed E-state index contributed by atoms with van der Waals surface area (Å²) in [5, 5.41) is 3.45. The van der Waals surface area contributed by atoms with Crippen molar-refractivity contribution >= 4 is 46.7 Å². The highest BCUT2D eigenvalue weighted by atomic mass is 35.5. The average Bonchev–Trinajstić information content (AvgIpc) is 3.12. The Hall–Kier alpha value is -2.61. The van der Waals surface area contributed by atoms with Gasteiger partial charge in [0.2, 0.25) is 5.91 Å². The molecular formula is C20H19Cl2N3O4. The predicted octanol–water partition coefficient (Wildman–Crippen LogP) is 2.52. The lowest BCUT2D eigenvalue weighted by Crippen LogP contribution is -2.42. The molecule has 0 unspecified atom stereocenters. The van der Waals surface area contributed by atoms with Crippen LogP contribution in [0.4, 0.5) is 5.69 Å². The van der Waals surface area contributed by atoms with Gasteiger partial charge >= 0.3 is 11.9 Å². The van der Waals surface area contributed by atoms with Crippen LogP contribution in [0.3, 0.4) is 0 Å². The Bertz CT molecular complexity index is 980. The van der Waals surface area contributed by atoms with E-state index < -0.39 is 17.9 Å². The Morgan fingerprint density at radius 2 is 1.86 bits per heavy atom. The van der Waals surface area contributed by atoms with E-state index in [0.717, 1.165) is 23.8 Å². The molecule has 2 amide bonds. The fraction of sp³-hybridized carbons (Fsp3) is 0.250. The molecule has 0 aliphatic carbocycles. The summed E-state index contributed by atoms with van der Waals surface area (Å²) in [5.74, 6) is -2.04. The number of carbonyl (C=O) groups is 3. The first-order chi connectivity index (χ1) is 13.8. The second-order valence-electron chi connectivity index (χ2n) is 6.67. The second-order valence-corrected chi connectivity index (χ2v) is 7.51. The van der Waals surface area contributed by atoms with Crippen LogP contribution >= 0.6 is 23.2 Å². The Labute approximate surface area is 177 Å². The van der Waals surface area contributed by atoms with Gasteiger partial charge in [-0.05, 0) is 47.4 Å². The molecule has 0 saturated heterocycles. The van der Waals surface area contributed by atoms with Crippen molar-refractivity contribution in [2.24, 2.45) is 5.73 Å². The van der Waals surface area contributed by atoms with Crippen molar-refractivity contribution in [3.63, 3.8) is 0 Å². The van der Waals surface area contributed by atoms with Crippen molar-refractivity contribution in [1.82, 2.24) is 4.90 Å². The molecule has 0 radical (unpaired) electrons. The molecule has 152 valence electrons. The normalized spacial score (nSPS) is 13.6. The molecule has 0 aromatic heterocycles. The number of fused-ring (bicyclic) bond motifs is 1. The van der Waals surface area contributed by atoms with Gasteiger partial charge in [0.1, 0.15) is 0 Å². The van der Waals surface area contributed by atoms with E-state index >= 15 is 0 Å². The van der Waals surface area contributed by atoms with Crippen LogP contribution in [0.2, 0.25) is 10.0 Å². The number of esters is 1. The number of benzene rings is 2. The Balaban J connectivity index is 1.65. The molecule has 2 aromatic rings. The number of hydrogen-bond acceptors (Lipinski definition) is 5. The van der Waals surface area contributed by atoms with E-state index in [2.05, 4.69) is 10.1 Å². The molecule has 3 rings (SSSR count). The van der Waals surface area contributed by atoms with Gasteiger partial charge in [-0.2, -0.15) is 0 Å². The van der Waals surface area contributed by atoms with Gasteiger partial charge in [-0.3, -0.25) is 9.59 Å². The number of ether oxygens (including phenoxy) is 1. The van der Waals surface area contributed by atoms with Crippen LogP contribution in [0.15, 0.2) is 36.4 Å². The van der Waals surface area contributed by atoms with Gasteiger partial charge in [-0.15, -0.1) is 0 Å². The van der Waals surface area contributed by atoms with Gasteiger partial charge < -0.3 is 20.7 Å². The van der Waals surface area contributed by atoms with Crippen molar-refractivity contribution in [3.05, 3.63) is 63.1 Å². The minimum absolute atomic E-state index is 0.202. The number of methoxy groups -OCH3 is 1. The highest BCUT2D eigenvalue weighted by Crippen LogP contribution is 2.27. The van der Waals surface area contributed by atoms with Gasteiger partial charge in [0.15, 0.2) is 0 Å². The van der Waals surface area contributed by atoms with E-state index in [1.807, 2.05) is 0 Å². The topological polar surface area (TPSA) is 102 Å². The summed E-state index contributed by atoms with van der Waals surface area (Å²) >= 11 is 12.1. The van der Waals surface area contributed by atoms with Gasteiger partial charge in [-0.25, -0.2) is 4.79 Å². The maximum Gasteiger partial charge on any atom is 0.396 e. The molecule has 0 saturated carbocycles. The monoisotopic (exact) mass is 435 g/mol. The summed E-state index contributed by atoms with van der Waals surface area (Å²) < 4.78 is 4.38. The molecule has 0 spiro atoms. The van der Waals surface area contributed by atoms with E-state index in [4.69, 9.17) is 28.9 Å². The van der Waals surface area contributed by atoms with E-state index in [9.17, 15) is 14.4 Å². The molecule has 29 heavy (non-hydrogen) atoms. The number of rotatable bonds is 4. The van der Waals surface area contributed by atoms with Gasteiger partial charge in [0.25, 0.3) is 0 Å². The van der Waals surface area contributed by atoms with Crippen molar-refractivity contribution in [1.29, 1.82) is 0 Å². The van der Waals surface area contributed by atoms with Gasteiger partial charge in [0, 0.05) is 28.8 Å². The summed E-state index contributed by atoms with van der Waals surface area (Å²) in [6, 6.07) is 9.53. The molecule has 1 aliphatic rings. The Morgan fingerprint density at radius 3 is 2.55 bits per heavy atom. The average molecular weight is 436 g/mol. The molecule has 0 bridgehead atoms. The van der Waals surface area contributed by atoms with Crippen LogP contribution in [0, 0.1) is 0 Å². The van der Waals surface area contributed by atoms with Crippen LogP contribution in [0.1, 0.15) is 16.7 Å². The summed E-state index contributed by atoms with van der Waals surface area (Å²) in [6.45, 7) is 0.777. The van der Waals surface area contributed by atoms with E-state index in [1.165, 1.54) is 0 Å². The first kappa shape index (κ1) is 21.1. The zero-order valence-electron chi connectivity index (χ0n) is 15.6. The van der Waals surface area contributed by atoms with Crippen molar-refractivity contribution in [2.75, 3.05) is 12.4 Å². The number of halogens is 2. The Morgan fingerprint density at radius 1 is 1.14 bits per heavy atom. The highest BCUT2D eigenvalue weighted by Gasteiger charge is 2.28. The summed E-state index contributed by atoms with van der Waals surface area (Å²) in [5.41, 5.74) is 9.15. The van der Waals surface area contributed by atoms with Crippen molar-refractivity contribution in [2.45, 2.75) is 25.6 Å². The predicted molar refractivity (Wildman–Crippen MR) is 109 cm³/mol. The molecule has 9 heteroatoms. The molecule has 2 aromatic carbocycles. The van der Waals surface area contributed by atoms with Crippen LogP contribution in [0.5, 0.6) is 0 Å². The number of carbonyl (C=O) groups excluding carboxylic acids is 3. The molecule has 1 aliphatic heterocycles. The largest absolute Gasteiger partial charge is 0.462 e. The van der Waals surface area contributed by atoms with E-state index in [-0.39, 0.29) is 5.91 Å². The summed E-state index contributed by atoms with van der Waals surface area (Å²) in [6.07, 6.45) is 0.294. The maximum atomic E-state index is 12.8. The lowest BCUT2D eigenvalue weighted by molar-refractivity contribution is -0.150. The molecule has 1 heterocycles. The molecule has 1 atom stereocenters. The number of nitrogens with one attached hydrogen (secondary N) is 1. The van der Waals surface area contributed by atoms with Crippen LogP contribution in [-0.2, 0) is 38.6 Å². The fourth-order valence-corrected chi connectivity index (χ4v) is 3.63. The third-order valence-corrected chi connectivity index (χ3v) is 5.23. The number of anilines is 1. The van der Waals surface area contributed by atoms with Crippen LogP contribution in [0.25, 0.3) is 0 Å². The van der Waals surface area contributed by atoms with Gasteiger partial charge in [0.05, 0.1) is 13.2 Å². The smallest absolute Gasteiger partial charge is 0.396 e. The van der Waals surface area contributed by atoms with Crippen molar-refractivity contribution < 1.29 is 19.1 Å². The minimum Gasteiger partial charge on any atom is -0.462 e. The zero-order valence-corrected chi connectivity index (χ0v) is 17.1. The Kier molecular flexibility index (Phi) is 6.42. The fourth-order valence-electron chi connectivity index (χ4n) is 3.15. The minimum atomic E-state index is -0.978. The highest BCUT2D eigenvalue weighted by molar-refractivity contribution is 6.37. The summed E-state index contributed by atoms with van der Waals surface area (Å²) in [4.78, 5) is 37.3. The third-order valence-electron chi connectivity index (χ3n) is 4.64. The number of amides is 2. The van der Waals surface area contributed by atoms with Crippen molar-refractivity contribution in [3.8, 4) is 0 Å². The molecular weight excluding hydrogens is 417 g/mol. The lowest BCUT2D eigenvalue weighted by atomic mass is 10.1. The van der Waals surface area contributed by atoms with E-state index in [0.29, 0.717) is 35.2 Å². The first-order valence-corrected chi connectivity index (χ1v) is 9.53. The standard InChI is InChI=1S/C20H19Cl2N3O4/c1-29-20(28)18(26)24-15-5-3-12-9-25(10-13(12)6-15)19(27)17(23)7-11-2-4-14(21)8-16(11)22/h2-6,8,17H,7,9-10,23H2,1H3,(H,24,26)/t17-/m1/s1. The molecule has 0 fully saturated rings. The second kappa shape index (κ2) is 8.82. The first-order valence-electron chi connectivity index (χ1n) is 8.78. The summed E-state index contributed by atoms with van der Waals surface area (Å²) in [7, 11) is 1.13. The number of nitrogens with two attached hydrogens (primary N) is 1. The number of nitrogens with zero attached hydrogens (tertiary/aromatic N) is 1. The van der Waals surface area contributed by atoms with Gasteiger partial charge in [-0.1, -0.05) is 35.3 Å². The molecule has 3 N–H and O–H groups in total. The van der Waals surface area contributed by atoms with Crippen LogP contribution < -0.4 is 11.1 Å². The quantitative estimate of drug-likeness (QED) is 0.567. The SMILES string of the molecule is COC(=O)C(=O)Nc1ccc2c(c1)CN(C(=O)[C@H](N)Cc1ccc(Cl)cc1Cl)C2. The maximum absolute atomic E-state index is 12.8. The third kappa shape index (κ3) is 4.87. The zero-order chi connectivity index (χ0) is 21.1. The molecule has 7 nitrogen and oxygen atoms in total. The lowest BCUT2D eigenvalue weighted by Gasteiger charge is -2.20.